The molecule has 6 heteroatoms. The van der Waals surface area contributed by atoms with E-state index in [0.717, 1.165) is 0 Å². The summed E-state index contributed by atoms with van der Waals surface area (Å²) in [5.74, 6) is -2.75. The Morgan fingerprint density at radius 3 is 1.34 bits per heavy atom. The molecule has 1 aromatic carbocycles. The van der Waals surface area contributed by atoms with Crippen LogP contribution >= 0.6 is 9.24 Å². The Morgan fingerprint density at radius 1 is 0.719 bits per heavy atom. The van der Waals surface area contributed by atoms with Gasteiger partial charge in [0, 0.05) is 5.56 Å². The second kappa shape index (κ2) is 25.8. The van der Waals surface area contributed by atoms with Crippen LogP contribution in [0, 0.1) is 0 Å². The van der Waals surface area contributed by atoms with Crippen LogP contribution in [-0.4, -0.2) is 23.2 Å². The van der Waals surface area contributed by atoms with Crippen molar-refractivity contribution in [3.8, 4) is 0 Å². The zero-order chi connectivity index (χ0) is 23.2. The number of carbonyl (C=O) groups excluding carboxylic acids is 1. The first-order valence-corrected chi connectivity index (χ1v) is 13.1. The first-order valence-electron chi connectivity index (χ1n) is 12.3. The monoisotopic (exact) mass is 490 g/mol. The van der Waals surface area contributed by atoms with Crippen molar-refractivity contribution in [3.05, 3.63) is 35.4 Å². The van der Waals surface area contributed by atoms with Crippen molar-refractivity contribution < 1.29 is 71.2 Å². The van der Waals surface area contributed by atoms with Gasteiger partial charge in [0.2, 0.25) is 0 Å². The molecule has 32 heavy (non-hydrogen) atoms. The smallest absolute Gasteiger partial charge is 0.545 e. The standard InChI is InChI=1S/C18H39P.C8H6O4.K/c1-2-3-4-5-6-7-8-9-10-11-12-13-14-15-16-17-18-19;9-7(10)5-3-1-2-4-6(5)8(11)12;/h2-19H2,1H3;1-4H,(H,9,10)(H,11,12);/q;;+1/p-1. The number of rotatable bonds is 18. The summed E-state index contributed by atoms with van der Waals surface area (Å²) in [7, 11) is 2.83. The van der Waals surface area contributed by atoms with Gasteiger partial charge in [-0.15, -0.1) is 9.24 Å². The Labute approximate surface area is 241 Å². The molecule has 0 aliphatic rings. The first kappa shape index (κ1) is 34.4. The molecule has 1 rings (SSSR count). The van der Waals surface area contributed by atoms with Gasteiger partial charge in [-0.25, -0.2) is 4.79 Å². The van der Waals surface area contributed by atoms with Crippen molar-refractivity contribution in [1.29, 1.82) is 0 Å². The summed E-state index contributed by atoms with van der Waals surface area (Å²) < 4.78 is 0. The molecule has 0 aromatic heterocycles. The van der Waals surface area contributed by atoms with Gasteiger partial charge in [0.25, 0.3) is 0 Å². The third kappa shape index (κ3) is 20.8. The zero-order valence-electron chi connectivity index (χ0n) is 20.6. The molecular formula is C26H44KO4P. The minimum Gasteiger partial charge on any atom is -0.545 e. The number of carbonyl (C=O) groups is 2. The SMILES string of the molecule is CCCCCCCCCCCCCCCCCCP.O=C([O-])c1ccccc1C(=O)O.[K+]. The fourth-order valence-corrected chi connectivity index (χ4v) is 3.83. The van der Waals surface area contributed by atoms with E-state index in [-0.39, 0.29) is 62.5 Å². The van der Waals surface area contributed by atoms with Crippen LogP contribution in [0.4, 0.5) is 0 Å². The van der Waals surface area contributed by atoms with E-state index >= 15 is 0 Å². The maximum Gasteiger partial charge on any atom is 1.00 e. The molecule has 1 N–H and O–H groups in total. The molecule has 0 saturated heterocycles. The molecule has 0 amide bonds. The molecule has 0 bridgehead atoms. The summed E-state index contributed by atoms with van der Waals surface area (Å²) >= 11 is 0. The van der Waals surface area contributed by atoms with Crippen molar-refractivity contribution in [1.82, 2.24) is 0 Å². The van der Waals surface area contributed by atoms with Crippen LogP contribution < -0.4 is 56.5 Å². The van der Waals surface area contributed by atoms with Crippen LogP contribution in [0.3, 0.4) is 0 Å². The Morgan fingerprint density at radius 2 is 1.06 bits per heavy atom. The largest absolute Gasteiger partial charge is 1.00 e. The topological polar surface area (TPSA) is 77.4 Å². The number of hydrogen-bond donors (Lipinski definition) is 1. The van der Waals surface area contributed by atoms with Crippen molar-refractivity contribution in [2.45, 2.75) is 110 Å². The number of carboxylic acids is 2. The minimum absolute atomic E-state index is 0. The second-order valence-corrected chi connectivity index (χ2v) is 8.81. The fourth-order valence-electron chi connectivity index (χ4n) is 3.54. The fraction of sp³-hybridized carbons (Fsp3) is 0.692. The predicted molar refractivity (Wildman–Crippen MR) is 132 cm³/mol. The van der Waals surface area contributed by atoms with Gasteiger partial charge in [-0.2, -0.15) is 0 Å². The number of carboxylic acid groups (broad SMARTS) is 2. The molecule has 4 nitrogen and oxygen atoms in total. The van der Waals surface area contributed by atoms with Gasteiger partial charge in [0.15, 0.2) is 0 Å². The minimum atomic E-state index is -1.48. The normalized spacial score (nSPS) is 10.1. The van der Waals surface area contributed by atoms with Gasteiger partial charge in [0.05, 0.1) is 11.5 Å². The summed E-state index contributed by atoms with van der Waals surface area (Å²) in [5, 5.41) is 18.9. The van der Waals surface area contributed by atoms with E-state index in [1.165, 1.54) is 133 Å². The quantitative estimate of drug-likeness (QED) is 0.192. The third-order valence-corrected chi connectivity index (χ3v) is 5.84. The zero-order valence-corrected chi connectivity index (χ0v) is 24.9. The van der Waals surface area contributed by atoms with Gasteiger partial charge in [0.1, 0.15) is 0 Å². The van der Waals surface area contributed by atoms with E-state index in [0.29, 0.717) is 0 Å². The van der Waals surface area contributed by atoms with Gasteiger partial charge < -0.3 is 15.0 Å². The Kier molecular flexibility index (Phi) is 27.8. The summed E-state index contributed by atoms with van der Waals surface area (Å²) in [6.07, 6.45) is 24.7. The van der Waals surface area contributed by atoms with Gasteiger partial charge in [-0.3, -0.25) is 0 Å². The van der Waals surface area contributed by atoms with Crippen LogP contribution in [0.25, 0.3) is 0 Å². The van der Waals surface area contributed by atoms with E-state index in [9.17, 15) is 14.7 Å². The average Bonchev–Trinajstić information content (AvgIpc) is 2.77. The van der Waals surface area contributed by atoms with Crippen LogP contribution in [0.2, 0.25) is 0 Å². The number of benzene rings is 1. The van der Waals surface area contributed by atoms with Gasteiger partial charge in [-0.05, 0) is 18.6 Å². The summed E-state index contributed by atoms with van der Waals surface area (Å²) in [6, 6.07) is 5.31. The van der Waals surface area contributed by atoms with Crippen LogP contribution in [0.5, 0.6) is 0 Å². The summed E-state index contributed by atoms with van der Waals surface area (Å²) in [4.78, 5) is 20.8. The first-order chi connectivity index (χ1) is 15.0. The average molecular weight is 491 g/mol. The van der Waals surface area contributed by atoms with Gasteiger partial charge in [-0.1, -0.05) is 121 Å². The molecule has 0 saturated carbocycles. The Bertz CT molecular complexity index is 532. The summed E-state index contributed by atoms with van der Waals surface area (Å²) in [5.41, 5.74) is -0.553. The Balaban J connectivity index is 0. The molecular weight excluding hydrogens is 446 g/mol. The molecule has 0 aliphatic heterocycles. The van der Waals surface area contributed by atoms with E-state index in [2.05, 4.69) is 16.2 Å². The number of aromatic carboxylic acids is 2. The molecule has 178 valence electrons. The van der Waals surface area contributed by atoms with Gasteiger partial charge >= 0.3 is 57.4 Å². The molecule has 0 radical (unpaired) electrons. The van der Waals surface area contributed by atoms with E-state index in [1.807, 2.05) is 0 Å². The molecule has 1 atom stereocenters. The molecule has 0 heterocycles. The third-order valence-electron chi connectivity index (χ3n) is 5.44. The van der Waals surface area contributed by atoms with Crippen LogP contribution in [0.15, 0.2) is 24.3 Å². The molecule has 0 fully saturated rings. The van der Waals surface area contributed by atoms with Crippen molar-refractivity contribution in [3.63, 3.8) is 0 Å². The number of unbranched alkanes of at least 4 members (excludes halogenated alkanes) is 15. The molecule has 1 unspecified atom stereocenters. The van der Waals surface area contributed by atoms with Crippen LogP contribution in [0.1, 0.15) is 130 Å². The predicted octanol–water partition coefficient (Wildman–Crippen LogP) is 3.88. The van der Waals surface area contributed by atoms with Crippen molar-refractivity contribution in [2.24, 2.45) is 0 Å². The molecule has 0 aliphatic carbocycles. The van der Waals surface area contributed by atoms with Crippen molar-refractivity contribution in [2.75, 3.05) is 6.16 Å². The molecule has 1 aromatic rings. The number of hydrogen-bond acceptors (Lipinski definition) is 3. The Hall–Kier alpha value is 0.226. The van der Waals surface area contributed by atoms with E-state index < -0.39 is 11.9 Å². The second-order valence-electron chi connectivity index (χ2n) is 8.23. The van der Waals surface area contributed by atoms with E-state index in [4.69, 9.17) is 5.11 Å². The molecule has 0 spiro atoms. The van der Waals surface area contributed by atoms with Crippen LogP contribution in [-0.2, 0) is 0 Å². The van der Waals surface area contributed by atoms with E-state index in [1.54, 1.807) is 0 Å². The van der Waals surface area contributed by atoms with Crippen molar-refractivity contribution >= 4 is 21.2 Å². The maximum absolute atomic E-state index is 10.4. The summed E-state index contributed by atoms with van der Waals surface area (Å²) in [6.45, 7) is 2.29. The maximum atomic E-state index is 10.4.